The Morgan fingerprint density at radius 1 is 1.44 bits per heavy atom. The average Bonchev–Trinajstić information content (AvgIpc) is 2.11. The second-order valence-corrected chi connectivity index (χ2v) is 3.56. The molecule has 1 rings (SSSR count). The molecule has 6 N–H and O–H groups in total. The van der Waals surface area contributed by atoms with Crippen LogP contribution in [0.5, 0.6) is 0 Å². The Morgan fingerprint density at radius 2 is 2.06 bits per heavy atom. The third-order valence-corrected chi connectivity index (χ3v) is 2.04. The van der Waals surface area contributed by atoms with E-state index < -0.39 is 11.2 Å². The molecular weight excluding hydrogens is 210 g/mol. The van der Waals surface area contributed by atoms with E-state index in [1.54, 1.807) is 14.0 Å². The van der Waals surface area contributed by atoms with Crippen LogP contribution in [-0.4, -0.2) is 22.0 Å². The first-order valence-corrected chi connectivity index (χ1v) is 4.66. The van der Waals surface area contributed by atoms with E-state index in [1.807, 2.05) is 0 Å². The number of hydrogen-bond donors (Lipinski definition) is 4. The van der Waals surface area contributed by atoms with Crippen LogP contribution in [0.15, 0.2) is 21.5 Å². The molecule has 1 aromatic heterocycles. The number of H-pyrrole nitrogens is 2. The molecular formula is C9H15N5O2. The number of nitrogens with zero attached hydrogens (tertiary/aromatic N) is 1. The lowest BCUT2D eigenvalue weighted by molar-refractivity contribution is 0.478. The van der Waals surface area contributed by atoms with Crippen molar-refractivity contribution in [2.24, 2.45) is 11.6 Å². The Balaban J connectivity index is 3.07. The van der Waals surface area contributed by atoms with Gasteiger partial charge in [0.15, 0.2) is 0 Å². The summed E-state index contributed by atoms with van der Waals surface area (Å²) in [5, 5.41) is 1.30. The molecule has 0 aliphatic carbocycles. The Morgan fingerprint density at radius 3 is 2.62 bits per heavy atom. The van der Waals surface area contributed by atoms with Crippen LogP contribution in [0, 0.1) is 6.92 Å². The van der Waals surface area contributed by atoms with Crippen LogP contribution in [-0.2, 0) is 6.42 Å². The van der Waals surface area contributed by atoms with Gasteiger partial charge in [0.2, 0.25) is 0 Å². The Kier molecular flexibility index (Phi) is 3.51. The lowest BCUT2D eigenvalue weighted by atomic mass is 10.1. The number of hydrazine groups is 1. The summed E-state index contributed by atoms with van der Waals surface area (Å²) in [6.07, 6.45) is 1.78. The summed E-state index contributed by atoms with van der Waals surface area (Å²) in [7, 11) is 1.63. The highest BCUT2D eigenvalue weighted by atomic mass is 16.2. The highest BCUT2D eigenvalue weighted by molar-refractivity contribution is 5.19. The minimum atomic E-state index is -0.542. The van der Waals surface area contributed by atoms with Crippen molar-refractivity contribution < 1.29 is 0 Å². The van der Waals surface area contributed by atoms with Gasteiger partial charge >= 0.3 is 5.69 Å². The fourth-order valence-corrected chi connectivity index (χ4v) is 1.28. The largest absolute Gasteiger partial charge is 0.401 e. The highest BCUT2D eigenvalue weighted by Gasteiger charge is 2.05. The molecule has 7 heteroatoms. The van der Waals surface area contributed by atoms with Crippen molar-refractivity contribution in [3.05, 3.63) is 44.0 Å². The van der Waals surface area contributed by atoms with Gasteiger partial charge in [-0.25, -0.2) is 10.6 Å². The van der Waals surface area contributed by atoms with Crippen molar-refractivity contribution in [3.8, 4) is 0 Å². The second-order valence-electron chi connectivity index (χ2n) is 3.56. The Labute approximate surface area is 91.7 Å². The zero-order valence-electron chi connectivity index (χ0n) is 9.20. The zero-order chi connectivity index (χ0) is 12.3. The third kappa shape index (κ3) is 2.99. The van der Waals surface area contributed by atoms with Crippen LogP contribution in [0.25, 0.3) is 0 Å². The van der Waals surface area contributed by atoms with Crippen LogP contribution in [0.4, 0.5) is 0 Å². The maximum Gasteiger partial charge on any atom is 0.325 e. The molecule has 0 saturated carbocycles. The molecule has 0 atom stereocenters. The SMILES string of the molecule is Cc1c(C/C(N)=C/N(C)N)[nH]c(=O)[nH]c1=O. The third-order valence-electron chi connectivity index (χ3n) is 2.04. The van der Waals surface area contributed by atoms with Crippen LogP contribution in [0.1, 0.15) is 11.3 Å². The van der Waals surface area contributed by atoms with Gasteiger partial charge in [-0.05, 0) is 6.92 Å². The van der Waals surface area contributed by atoms with Crippen LogP contribution in [0.3, 0.4) is 0 Å². The van der Waals surface area contributed by atoms with Gasteiger partial charge in [-0.1, -0.05) is 0 Å². The lowest BCUT2D eigenvalue weighted by Gasteiger charge is -2.08. The molecule has 0 aliphatic rings. The van der Waals surface area contributed by atoms with Crippen molar-refractivity contribution >= 4 is 0 Å². The molecule has 0 fully saturated rings. The molecule has 88 valence electrons. The summed E-state index contributed by atoms with van der Waals surface area (Å²) in [5.74, 6) is 5.38. The van der Waals surface area contributed by atoms with Crippen LogP contribution >= 0.6 is 0 Å². The lowest BCUT2D eigenvalue weighted by Crippen LogP contribution is -2.28. The number of allylic oxidation sites excluding steroid dienone is 1. The van der Waals surface area contributed by atoms with E-state index in [9.17, 15) is 9.59 Å². The molecule has 0 amide bonds. The average molecular weight is 225 g/mol. The topological polar surface area (TPSA) is 121 Å². The normalized spacial score (nSPS) is 11.6. The number of nitrogens with one attached hydrogen (secondary N) is 2. The first-order chi connectivity index (χ1) is 7.40. The van der Waals surface area contributed by atoms with E-state index in [-0.39, 0.29) is 6.42 Å². The summed E-state index contributed by atoms with van der Waals surface area (Å²) in [6, 6.07) is 0. The predicted octanol–water partition coefficient (Wildman–Crippen LogP) is -1.48. The fraction of sp³-hybridized carbons (Fsp3) is 0.333. The molecule has 0 aromatic carbocycles. The van der Waals surface area contributed by atoms with Crippen molar-refractivity contribution in [2.75, 3.05) is 7.05 Å². The summed E-state index contributed by atoms with van der Waals surface area (Å²) >= 11 is 0. The monoisotopic (exact) mass is 225 g/mol. The predicted molar refractivity (Wildman–Crippen MR) is 60.3 cm³/mol. The summed E-state index contributed by atoms with van der Waals surface area (Å²) < 4.78 is 0. The number of rotatable bonds is 3. The standard InChI is InChI=1S/C9H15N5O2/c1-5-7(3-6(10)4-14(2)11)12-9(16)13-8(5)15/h4H,3,10-11H2,1-2H3,(H2,12,13,15,16)/b6-4-. The first-order valence-electron chi connectivity index (χ1n) is 4.66. The first kappa shape index (κ1) is 12.1. The minimum Gasteiger partial charge on any atom is -0.401 e. The van der Waals surface area contributed by atoms with Crippen molar-refractivity contribution in [3.63, 3.8) is 0 Å². The Hall–Kier alpha value is -2.02. The smallest absolute Gasteiger partial charge is 0.325 e. The number of hydrogen-bond acceptors (Lipinski definition) is 5. The van der Waals surface area contributed by atoms with Crippen LogP contribution < -0.4 is 22.8 Å². The van der Waals surface area contributed by atoms with E-state index in [1.165, 1.54) is 11.2 Å². The van der Waals surface area contributed by atoms with E-state index in [2.05, 4.69) is 9.97 Å². The minimum absolute atomic E-state index is 0.270. The van der Waals surface area contributed by atoms with Gasteiger partial charge in [0, 0.05) is 36.6 Å². The van der Waals surface area contributed by atoms with Crippen LogP contribution in [0.2, 0.25) is 0 Å². The molecule has 1 aromatic rings. The molecule has 0 saturated heterocycles. The molecule has 0 radical (unpaired) electrons. The van der Waals surface area contributed by atoms with Gasteiger partial charge in [0.1, 0.15) is 0 Å². The number of aromatic nitrogens is 2. The molecule has 16 heavy (non-hydrogen) atoms. The molecule has 1 heterocycles. The van der Waals surface area contributed by atoms with Gasteiger partial charge in [0.05, 0.1) is 0 Å². The highest BCUT2D eigenvalue weighted by Crippen LogP contribution is 2.01. The van der Waals surface area contributed by atoms with Gasteiger partial charge < -0.3 is 15.7 Å². The summed E-state index contributed by atoms with van der Waals surface area (Å²) in [5.41, 5.74) is 6.11. The van der Waals surface area contributed by atoms with E-state index in [4.69, 9.17) is 11.6 Å². The molecule has 0 aliphatic heterocycles. The molecule has 0 spiro atoms. The Bertz CT molecular complexity index is 511. The van der Waals surface area contributed by atoms with E-state index >= 15 is 0 Å². The van der Waals surface area contributed by atoms with E-state index in [0.29, 0.717) is 17.0 Å². The summed E-state index contributed by atoms with van der Waals surface area (Å²) in [6.45, 7) is 1.61. The van der Waals surface area contributed by atoms with Crippen molar-refractivity contribution in [1.82, 2.24) is 15.0 Å². The van der Waals surface area contributed by atoms with E-state index in [0.717, 1.165) is 0 Å². The van der Waals surface area contributed by atoms with Gasteiger partial charge in [-0.15, -0.1) is 0 Å². The quantitative estimate of drug-likeness (QED) is 0.369. The van der Waals surface area contributed by atoms with Gasteiger partial charge in [-0.2, -0.15) is 0 Å². The van der Waals surface area contributed by atoms with Gasteiger partial charge in [-0.3, -0.25) is 9.78 Å². The number of nitrogens with two attached hydrogens (primary N) is 2. The molecule has 0 bridgehead atoms. The maximum absolute atomic E-state index is 11.3. The number of aromatic amines is 2. The summed E-state index contributed by atoms with van der Waals surface area (Å²) in [4.78, 5) is 27.0. The fourth-order valence-electron chi connectivity index (χ4n) is 1.28. The van der Waals surface area contributed by atoms with Gasteiger partial charge in [0.25, 0.3) is 5.56 Å². The van der Waals surface area contributed by atoms with Crippen molar-refractivity contribution in [1.29, 1.82) is 0 Å². The molecule has 0 unspecified atom stereocenters. The second kappa shape index (κ2) is 4.67. The molecule has 7 nitrogen and oxygen atoms in total. The van der Waals surface area contributed by atoms with Crippen molar-refractivity contribution in [2.45, 2.75) is 13.3 Å². The zero-order valence-corrected chi connectivity index (χ0v) is 9.20. The maximum atomic E-state index is 11.3.